The predicted molar refractivity (Wildman–Crippen MR) is 101 cm³/mol. The highest BCUT2D eigenvalue weighted by Gasteiger charge is 2.36. The van der Waals surface area contributed by atoms with Gasteiger partial charge in [-0.1, -0.05) is 6.42 Å². The highest BCUT2D eigenvalue weighted by molar-refractivity contribution is 5.76. The Kier molecular flexibility index (Phi) is 6.71. The quantitative estimate of drug-likeness (QED) is 0.708. The van der Waals surface area contributed by atoms with Crippen LogP contribution in [0.1, 0.15) is 54.9 Å². The fourth-order valence-corrected chi connectivity index (χ4v) is 3.73. The van der Waals surface area contributed by atoms with Crippen LogP contribution in [0.2, 0.25) is 0 Å². The third-order valence-electron chi connectivity index (χ3n) is 5.33. The van der Waals surface area contributed by atoms with Gasteiger partial charge in [0.2, 0.25) is 5.91 Å². The summed E-state index contributed by atoms with van der Waals surface area (Å²) in [5.74, 6) is -1.37. The molecule has 1 aliphatic heterocycles. The largest absolute Gasteiger partial charge is 0.453 e. The number of likely N-dealkylation sites (tertiary alicyclic amines) is 1. The van der Waals surface area contributed by atoms with Gasteiger partial charge in [-0.3, -0.25) is 4.79 Å². The van der Waals surface area contributed by atoms with E-state index < -0.39 is 12.0 Å². The van der Waals surface area contributed by atoms with E-state index in [4.69, 9.17) is 0 Å². The summed E-state index contributed by atoms with van der Waals surface area (Å²) >= 11 is 0. The van der Waals surface area contributed by atoms with Crippen molar-refractivity contribution in [3.8, 4) is 0 Å². The number of aryl methyl sites for hydroxylation is 2. The maximum atomic E-state index is 12.9. The van der Waals surface area contributed by atoms with Gasteiger partial charge in [0.15, 0.2) is 0 Å². The molecule has 160 valence electrons. The van der Waals surface area contributed by atoms with Gasteiger partial charge >= 0.3 is 6.18 Å². The lowest BCUT2D eigenvalue weighted by atomic mass is 10.1. The van der Waals surface area contributed by atoms with Crippen LogP contribution < -0.4 is 5.32 Å². The molecule has 1 N–H and O–H groups in total. The van der Waals surface area contributed by atoms with Crippen molar-refractivity contribution in [1.82, 2.24) is 29.8 Å². The number of nitrogens with zero attached hydrogens (tertiary/aromatic N) is 5. The Balaban J connectivity index is 1.53. The van der Waals surface area contributed by atoms with Gasteiger partial charge in [0.1, 0.15) is 0 Å². The van der Waals surface area contributed by atoms with Gasteiger partial charge in [0.25, 0.3) is 11.6 Å². The first-order chi connectivity index (χ1) is 13.8. The van der Waals surface area contributed by atoms with E-state index >= 15 is 0 Å². The molecule has 1 fully saturated rings. The normalized spacial score (nSPS) is 15.8. The zero-order valence-corrected chi connectivity index (χ0v) is 16.8. The standard InChI is InChI=1S/C19H27F3N6O/c1-13-15(14(2)28-18(24-13)25-17(26-28)19(20,21)22)7-8-16(29)23-9-6-12-27-10-4-3-5-11-27/h3-12H2,1-2H3,(H,23,29). The minimum absolute atomic E-state index is 0.0721. The molecule has 7 nitrogen and oxygen atoms in total. The lowest BCUT2D eigenvalue weighted by Crippen LogP contribution is -2.33. The molecule has 0 saturated carbocycles. The Hall–Kier alpha value is -2.23. The van der Waals surface area contributed by atoms with Crippen LogP contribution in [0.3, 0.4) is 0 Å². The Morgan fingerprint density at radius 3 is 2.55 bits per heavy atom. The molecule has 10 heteroatoms. The van der Waals surface area contributed by atoms with Crippen LogP contribution in [-0.2, 0) is 17.4 Å². The molecule has 0 spiro atoms. The average molecular weight is 412 g/mol. The van der Waals surface area contributed by atoms with E-state index in [1.165, 1.54) is 19.3 Å². The van der Waals surface area contributed by atoms with Gasteiger partial charge in [-0.05, 0) is 64.7 Å². The van der Waals surface area contributed by atoms with Crippen LogP contribution in [0.5, 0.6) is 0 Å². The van der Waals surface area contributed by atoms with Crippen LogP contribution in [0, 0.1) is 13.8 Å². The summed E-state index contributed by atoms with van der Waals surface area (Å²) in [5.41, 5.74) is 1.81. The van der Waals surface area contributed by atoms with Gasteiger partial charge in [-0.25, -0.2) is 9.50 Å². The Morgan fingerprint density at radius 1 is 1.14 bits per heavy atom. The molecule has 0 aliphatic carbocycles. The number of hydrogen-bond acceptors (Lipinski definition) is 5. The highest BCUT2D eigenvalue weighted by Crippen LogP contribution is 2.27. The lowest BCUT2D eigenvalue weighted by molar-refractivity contribution is -0.144. The summed E-state index contributed by atoms with van der Waals surface area (Å²) in [6.45, 7) is 7.28. The number of fused-ring (bicyclic) bond motifs is 1. The summed E-state index contributed by atoms with van der Waals surface area (Å²) in [6.07, 6.45) is 0.732. The third kappa shape index (κ3) is 5.43. The highest BCUT2D eigenvalue weighted by atomic mass is 19.4. The van der Waals surface area contributed by atoms with Crippen LogP contribution in [-0.4, -0.2) is 56.6 Å². The lowest BCUT2D eigenvalue weighted by Gasteiger charge is -2.26. The van der Waals surface area contributed by atoms with Gasteiger partial charge in [0, 0.05) is 24.4 Å². The Labute approximate surface area is 167 Å². The number of halogens is 3. The van der Waals surface area contributed by atoms with E-state index in [1.807, 2.05) is 0 Å². The molecule has 3 rings (SSSR count). The van der Waals surface area contributed by atoms with Crippen LogP contribution in [0.15, 0.2) is 0 Å². The van der Waals surface area contributed by atoms with Crippen molar-refractivity contribution in [1.29, 1.82) is 0 Å². The van der Waals surface area contributed by atoms with Crippen molar-refractivity contribution in [3.63, 3.8) is 0 Å². The maximum absolute atomic E-state index is 12.9. The molecule has 29 heavy (non-hydrogen) atoms. The van der Waals surface area contributed by atoms with Gasteiger partial charge < -0.3 is 10.2 Å². The second kappa shape index (κ2) is 9.06. The number of nitrogens with one attached hydrogen (secondary N) is 1. The molecule has 1 saturated heterocycles. The predicted octanol–water partition coefficient (Wildman–Crippen LogP) is 2.68. The number of amides is 1. The van der Waals surface area contributed by atoms with Gasteiger partial charge in [-0.2, -0.15) is 18.2 Å². The van der Waals surface area contributed by atoms with E-state index in [0.717, 1.165) is 36.1 Å². The average Bonchev–Trinajstić information content (AvgIpc) is 3.10. The van der Waals surface area contributed by atoms with Crippen LogP contribution in [0.25, 0.3) is 5.78 Å². The van der Waals surface area contributed by atoms with E-state index in [9.17, 15) is 18.0 Å². The second-order valence-corrected chi connectivity index (χ2v) is 7.51. The number of rotatable bonds is 7. The van der Waals surface area contributed by atoms with Crippen molar-refractivity contribution in [3.05, 3.63) is 22.8 Å². The first kappa shape index (κ1) is 21.5. The Bertz CT molecular complexity index is 858. The van der Waals surface area contributed by atoms with Crippen molar-refractivity contribution in [2.75, 3.05) is 26.2 Å². The first-order valence-electron chi connectivity index (χ1n) is 10.0. The smallest absolute Gasteiger partial charge is 0.356 e. The zero-order valence-electron chi connectivity index (χ0n) is 16.8. The monoisotopic (exact) mass is 412 g/mol. The van der Waals surface area contributed by atoms with E-state index in [2.05, 4.69) is 25.3 Å². The molecule has 3 heterocycles. The number of alkyl halides is 3. The molecule has 0 atom stereocenters. The third-order valence-corrected chi connectivity index (χ3v) is 5.33. The molecule has 1 amide bonds. The Morgan fingerprint density at radius 2 is 1.86 bits per heavy atom. The zero-order chi connectivity index (χ0) is 21.0. The molecule has 0 unspecified atom stereocenters. The maximum Gasteiger partial charge on any atom is 0.453 e. The molecule has 0 bridgehead atoms. The SMILES string of the molecule is Cc1nc2nc(C(F)(F)F)nn2c(C)c1CCC(=O)NCCCN1CCCCC1. The van der Waals surface area contributed by atoms with Crippen molar-refractivity contribution in [2.24, 2.45) is 0 Å². The summed E-state index contributed by atoms with van der Waals surface area (Å²) in [6, 6.07) is 0. The number of carbonyl (C=O) groups excluding carboxylic acids is 1. The molecule has 0 radical (unpaired) electrons. The molecule has 1 aliphatic rings. The number of hydrogen-bond donors (Lipinski definition) is 1. The van der Waals surface area contributed by atoms with E-state index in [1.54, 1.807) is 13.8 Å². The number of piperidine rings is 1. The van der Waals surface area contributed by atoms with E-state index in [0.29, 0.717) is 24.4 Å². The van der Waals surface area contributed by atoms with Gasteiger partial charge in [-0.15, -0.1) is 5.10 Å². The summed E-state index contributed by atoms with van der Waals surface area (Å²) < 4.78 is 39.7. The first-order valence-corrected chi connectivity index (χ1v) is 10.0. The minimum atomic E-state index is -4.62. The molecular weight excluding hydrogens is 385 g/mol. The molecule has 2 aromatic rings. The summed E-state index contributed by atoms with van der Waals surface area (Å²) in [4.78, 5) is 22.2. The summed E-state index contributed by atoms with van der Waals surface area (Å²) in [7, 11) is 0. The number of carbonyl (C=O) groups is 1. The second-order valence-electron chi connectivity index (χ2n) is 7.51. The van der Waals surface area contributed by atoms with Crippen LogP contribution >= 0.6 is 0 Å². The number of aromatic nitrogens is 4. The van der Waals surface area contributed by atoms with E-state index in [-0.39, 0.29) is 18.1 Å². The summed E-state index contributed by atoms with van der Waals surface area (Å²) in [5, 5.41) is 6.45. The van der Waals surface area contributed by atoms with Crippen LogP contribution in [0.4, 0.5) is 13.2 Å². The van der Waals surface area contributed by atoms with Crippen molar-refractivity contribution < 1.29 is 18.0 Å². The van der Waals surface area contributed by atoms with Crippen molar-refractivity contribution >= 4 is 11.7 Å². The fraction of sp³-hybridized carbons (Fsp3) is 0.684. The topological polar surface area (TPSA) is 75.4 Å². The van der Waals surface area contributed by atoms with Gasteiger partial charge in [0.05, 0.1) is 0 Å². The fourth-order valence-electron chi connectivity index (χ4n) is 3.73. The molecule has 0 aromatic carbocycles. The van der Waals surface area contributed by atoms with Crippen molar-refractivity contribution in [2.45, 2.75) is 58.5 Å². The molecule has 2 aromatic heterocycles. The molecular formula is C19H27F3N6O. The minimum Gasteiger partial charge on any atom is -0.356 e.